The average molecular weight is 278 g/mol. The summed E-state index contributed by atoms with van der Waals surface area (Å²) in [4.78, 5) is 27.2. The number of hydrogen-bond acceptors (Lipinski definition) is 4. The molecular weight excluding hydrogens is 264 g/mol. The number of fused-ring (bicyclic) bond motifs is 1. The minimum Gasteiger partial charge on any atom is -0.355 e. The topological polar surface area (TPSA) is 75.5 Å². The highest BCUT2D eigenvalue weighted by Gasteiger charge is 2.01. The van der Waals surface area contributed by atoms with Gasteiger partial charge in [0.15, 0.2) is 4.96 Å². The normalized spacial score (nSPS) is 11.0. The summed E-state index contributed by atoms with van der Waals surface area (Å²) in [5, 5.41) is 7.21. The fourth-order valence-corrected chi connectivity index (χ4v) is 2.21. The number of amides is 2. The zero-order valence-corrected chi connectivity index (χ0v) is 11.2. The molecule has 0 aliphatic heterocycles. The molecular formula is C12H14N4O2S. The Kier molecular flexibility index (Phi) is 4.30. The van der Waals surface area contributed by atoms with E-state index in [-0.39, 0.29) is 11.8 Å². The lowest BCUT2D eigenvalue weighted by atomic mass is 10.4. The quantitative estimate of drug-likeness (QED) is 0.623. The molecule has 100 valence electrons. The van der Waals surface area contributed by atoms with Crippen molar-refractivity contribution in [3.63, 3.8) is 0 Å². The van der Waals surface area contributed by atoms with Crippen molar-refractivity contribution >= 4 is 34.2 Å². The third-order valence-corrected chi connectivity index (χ3v) is 3.15. The highest BCUT2D eigenvalue weighted by Crippen LogP contribution is 2.13. The third kappa shape index (κ3) is 3.65. The predicted octanol–water partition coefficient (Wildman–Crippen LogP) is 0.661. The highest BCUT2D eigenvalue weighted by atomic mass is 32.1. The third-order valence-electron chi connectivity index (χ3n) is 2.38. The molecule has 0 aliphatic carbocycles. The van der Waals surface area contributed by atoms with Gasteiger partial charge in [-0.1, -0.05) is 0 Å². The number of nitrogens with zero attached hydrogens (tertiary/aromatic N) is 2. The van der Waals surface area contributed by atoms with Crippen LogP contribution in [0.4, 0.5) is 0 Å². The Labute approximate surface area is 114 Å². The van der Waals surface area contributed by atoms with E-state index in [1.807, 2.05) is 16.0 Å². The molecule has 0 radical (unpaired) electrons. The molecule has 0 atom stereocenters. The number of hydrogen-bond donors (Lipinski definition) is 2. The first-order valence-electron chi connectivity index (χ1n) is 5.78. The van der Waals surface area contributed by atoms with Crippen LogP contribution in [0.3, 0.4) is 0 Å². The van der Waals surface area contributed by atoms with Crippen molar-refractivity contribution in [1.82, 2.24) is 20.0 Å². The van der Waals surface area contributed by atoms with Gasteiger partial charge in [0.2, 0.25) is 11.8 Å². The summed E-state index contributed by atoms with van der Waals surface area (Å²) < 4.78 is 1.91. The molecule has 2 aromatic rings. The Balaban J connectivity index is 1.83. The number of thiazole rings is 1. The minimum atomic E-state index is -0.199. The highest BCUT2D eigenvalue weighted by molar-refractivity contribution is 7.15. The van der Waals surface area contributed by atoms with Crippen molar-refractivity contribution < 1.29 is 9.59 Å². The Hall–Kier alpha value is -2.15. The lowest BCUT2D eigenvalue weighted by Gasteiger charge is -2.02. The Morgan fingerprint density at radius 1 is 1.42 bits per heavy atom. The zero-order chi connectivity index (χ0) is 13.7. The Bertz CT molecular complexity index is 614. The number of carbonyl (C=O) groups excluding carboxylic acids is 2. The molecule has 2 heterocycles. The van der Waals surface area contributed by atoms with E-state index in [0.717, 1.165) is 10.7 Å². The molecule has 0 saturated carbocycles. The molecule has 0 bridgehead atoms. The number of carbonyl (C=O) groups is 2. The molecule has 0 unspecified atom stereocenters. The van der Waals surface area contributed by atoms with Crippen molar-refractivity contribution in [1.29, 1.82) is 0 Å². The summed E-state index contributed by atoms with van der Waals surface area (Å²) in [6.07, 6.45) is 6.78. The van der Waals surface area contributed by atoms with Gasteiger partial charge in [0.1, 0.15) is 0 Å². The van der Waals surface area contributed by atoms with E-state index in [1.165, 1.54) is 24.3 Å². The molecule has 0 aromatic carbocycles. The van der Waals surface area contributed by atoms with E-state index in [9.17, 15) is 9.59 Å². The summed E-state index contributed by atoms with van der Waals surface area (Å²) in [6.45, 7) is 2.27. The number of rotatable bonds is 5. The van der Waals surface area contributed by atoms with E-state index >= 15 is 0 Å². The SMILES string of the molecule is CC(=O)NCCNC(=O)/C=C/c1cnc2sccn12. The van der Waals surface area contributed by atoms with Gasteiger partial charge in [0, 0.05) is 37.7 Å². The minimum absolute atomic E-state index is 0.107. The lowest BCUT2D eigenvalue weighted by Crippen LogP contribution is -2.32. The molecule has 6 nitrogen and oxygen atoms in total. The van der Waals surface area contributed by atoms with Gasteiger partial charge >= 0.3 is 0 Å². The second kappa shape index (κ2) is 6.14. The second-order valence-corrected chi connectivity index (χ2v) is 4.72. The van der Waals surface area contributed by atoms with Gasteiger partial charge in [0.05, 0.1) is 11.9 Å². The van der Waals surface area contributed by atoms with E-state index < -0.39 is 0 Å². The maximum atomic E-state index is 11.5. The summed E-state index contributed by atoms with van der Waals surface area (Å²) >= 11 is 1.54. The summed E-state index contributed by atoms with van der Waals surface area (Å²) in [5.74, 6) is -0.306. The van der Waals surface area contributed by atoms with Crippen molar-refractivity contribution in [2.24, 2.45) is 0 Å². The molecule has 7 heteroatoms. The zero-order valence-electron chi connectivity index (χ0n) is 10.4. The van der Waals surface area contributed by atoms with Gasteiger partial charge in [-0.15, -0.1) is 11.3 Å². The van der Waals surface area contributed by atoms with Crippen LogP contribution in [0.2, 0.25) is 0 Å². The summed E-state index contributed by atoms with van der Waals surface area (Å²) in [7, 11) is 0. The molecule has 2 amide bonds. The molecule has 0 aliphatic rings. The fourth-order valence-electron chi connectivity index (χ4n) is 1.51. The fraction of sp³-hybridized carbons (Fsp3) is 0.250. The van der Waals surface area contributed by atoms with Gasteiger partial charge in [-0.25, -0.2) is 4.98 Å². The monoisotopic (exact) mass is 278 g/mol. The van der Waals surface area contributed by atoms with Crippen LogP contribution in [0, 0.1) is 0 Å². The molecule has 2 N–H and O–H groups in total. The van der Waals surface area contributed by atoms with Crippen molar-refractivity contribution in [2.75, 3.05) is 13.1 Å². The second-order valence-electron chi connectivity index (χ2n) is 3.85. The van der Waals surface area contributed by atoms with Crippen LogP contribution in [0.1, 0.15) is 12.6 Å². The van der Waals surface area contributed by atoms with Crippen LogP contribution < -0.4 is 10.6 Å². The Morgan fingerprint density at radius 2 is 2.21 bits per heavy atom. The van der Waals surface area contributed by atoms with Crippen LogP contribution in [0.15, 0.2) is 23.8 Å². The first-order valence-corrected chi connectivity index (χ1v) is 6.65. The summed E-state index contributed by atoms with van der Waals surface area (Å²) in [5.41, 5.74) is 0.855. The van der Waals surface area contributed by atoms with Gasteiger partial charge in [0.25, 0.3) is 0 Å². The summed E-state index contributed by atoms with van der Waals surface area (Å²) in [6, 6.07) is 0. The van der Waals surface area contributed by atoms with E-state index in [4.69, 9.17) is 0 Å². The van der Waals surface area contributed by atoms with E-state index in [0.29, 0.717) is 13.1 Å². The maximum absolute atomic E-state index is 11.5. The van der Waals surface area contributed by atoms with Crippen LogP contribution in [-0.4, -0.2) is 34.3 Å². The number of aromatic nitrogens is 2. The molecule has 2 aromatic heterocycles. The van der Waals surface area contributed by atoms with Crippen LogP contribution in [0.25, 0.3) is 11.0 Å². The first kappa shape index (κ1) is 13.3. The largest absolute Gasteiger partial charge is 0.355 e. The van der Waals surface area contributed by atoms with Crippen molar-refractivity contribution in [3.8, 4) is 0 Å². The maximum Gasteiger partial charge on any atom is 0.244 e. The van der Waals surface area contributed by atoms with E-state index in [2.05, 4.69) is 15.6 Å². The van der Waals surface area contributed by atoms with Gasteiger partial charge in [-0.2, -0.15) is 0 Å². The van der Waals surface area contributed by atoms with Crippen molar-refractivity contribution in [3.05, 3.63) is 29.5 Å². The lowest BCUT2D eigenvalue weighted by molar-refractivity contribution is -0.119. The van der Waals surface area contributed by atoms with Gasteiger partial charge in [-0.05, 0) is 6.08 Å². The molecule has 0 spiro atoms. The average Bonchev–Trinajstić information content (AvgIpc) is 2.95. The smallest absolute Gasteiger partial charge is 0.244 e. The first-order chi connectivity index (χ1) is 9.16. The Morgan fingerprint density at radius 3 is 3.00 bits per heavy atom. The van der Waals surface area contributed by atoms with Crippen LogP contribution >= 0.6 is 11.3 Å². The van der Waals surface area contributed by atoms with Crippen LogP contribution in [-0.2, 0) is 9.59 Å². The molecule has 0 fully saturated rings. The van der Waals surface area contributed by atoms with Gasteiger partial charge in [-0.3, -0.25) is 14.0 Å². The van der Waals surface area contributed by atoms with Crippen LogP contribution in [0.5, 0.6) is 0 Å². The number of imidazole rings is 1. The number of nitrogens with one attached hydrogen (secondary N) is 2. The molecule has 0 saturated heterocycles. The predicted molar refractivity (Wildman–Crippen MR) is 73.8 cm³/mol. The molecule has 2 rings (SSSR count). The van der Waals surface area contributed by atoms with E-state index in [1.54, 1.807) is 12.3 Å². The van der Waals surface area contributed by atoms with Gasteiger partial charge < -0.3 is 10.6 Å². The molecule has 19 heavy (non-hydrogen) atoms. The standard InChI is InChI=1S/C12H14N4O2S/c1-9(17)13-4-5-14-11(18)3-2-10-8-15-12-16(10)6-7-19-12/h2-3,6-8H,4-5H2,1H3,(H,13,17)(H,14,18)/b3-2+. The van der Waals surface area contributed by atoms with Crippen molar-refractivity contribution in [2.45, 2.75) is 6.92 Å².